The van der Waals surface area contributed by atoms with Crippen molar-refractivity contribution in [2.45, 2.75) is 38.1 Å². The minimum atomic E-state index is -0.298. The first-order valence-corrected chi connectivity index (χ1v) is 19.0. The molecular weight excluding hydrogens is 677 g/mol. The van der Waals surface area contributed by atoms with E-state index in [2.05, 4.69) is 120 Å². The highest BCUT2D eigenvalue weighted by atomic mass is 32.2. The predicted octanol–water partition coefficient (Wildman–Crippen LogP) is 9.65. The Morgan fingerprint density at radius 1 is 0.880 bits per heavy atom. The van der Waals surface area contributed by atoms with Gasteiger partial charge in [0.2, 0.25) is 11.4 Å². The summed E-state index contributed by atoms with van der Waals surface area (Å²) in [6, 6.07) is 25.9. The number of aryl methyl sites for hydroxylation is 1. The summed E-state index contributed by atoms with van der Waals surface area (Å²) in [6.07, 6.45) is 10.1. The fourth-order valence-corrected chi connectivity index (χ4v) is 9.86. The van der Waals surface area contributed by atoms with Crippen molar-refractivity contribution in [2.75, 3.05) is 11.4 Å². The van der Waals surface area contributed by atoms with Gasteiger partial charge in [-0.25, -0.2) is 0 Å². The van der Waals surface area contributed by atoms with E-state index in [0.29, 0.717) is 0 Å². The number of nitrogens with zero attached hydrogens (tertiary/aromatic N) is 4. The van der Waals surface area contributed by atoms with Gasteiger partial charge in [0, 0.05) is 37.0 Å². The van der Waals surface area contributed by atoms with Crippen molar-refractivity contribution in [1.29, 1.82) is 0 Å². The third-order valence-corrected chi connectivity index (χ3v) is 12.7. The SMILES string of the molecule is CCN1/C(=C/C=C2\CCC(/C=C/c3sc4ccc5ccccc5c4[n+]3CC)=C2c2c(O)n(C)c(=S)n(C)c2=O)Sc2ccc3ccccc3c21. The Morgan fingerprint density at radius 3 is 2.36 bits per heavy atom. The third kappa shape index (κ3) is 5.18. The van der Waals surface area contributed by atoms with E-state index in [9.17, 15) is 9.90 Å². The summed E-state index contributed by atoms with van der Waals surface area (Å²) in [5.41, 5.74) is 5.29. The van der Waals surface area contributed by atoms with Gasteiger partial charge in [-0.1, -0.05) is 89.8 Å². The molecule has 0 saturated carbocycles. The highest BCUT2D eigenvalue weighted by Gasteiger charge is 2.29. The maximum absolute atomic E-state index is 13.9. The Labute approximate surface area is 304 Å². The molecule has 6 aromatic rings. The van der Waals surface area contributed by atoms with Crippen molar-refractivity contribution in [3.05, 3.63) is 133 Å². The topological polar surface area (TPSA) is 54.3 Å². The standard InChI is InChI=1S/C41H36N4O2S3/c1-5-44-33(49-31-21-17-25-11-7-9-13-29(25)37(31)44)23-19-27-15-16-28(35(27)36-39(46)42(3)41(48)43(4)40(36)47)20-24-34-45(6-2)38-30-14-10-8-12-26(30)18-22-32(38)50-34/h7-14,17-24H,5-6,15-16H2,1-4H3/p+1/b27-19+,33-23-. The summed E-state index contributed by atoms with van der Waals surface area (Å²) >= 11 is 9.03. The highest BCUT2D eigenvalue weighted by molar-refractivity contribution is 8.03. The predicted molar refractivity (Wildman–Crippen MR) is 213 cm³/mol. The number of hydrogen-bond acceptors (Lipinski definition) is 6. The van der Waals surface area contributed by atoms with E-state index in [-0.39, 0.29) is 21.8 Å². The molecule has 3 heterocycles. The Hall–Kier alpha value is -4.70. The molecule has 0 fully saturated rings. The minimum Gasteiger partial charge on any atom is -0.494 e. The summed E-state index contributed by atoms with van der Waals surface area (Å²) < 4.78 is 6.84. The largest absolute Gasteiger partial charge is 0.494 e. The normalized spacial score (nSPS) is 16.4. The van der Waals surface area contributed by atoms with Gasteiger partial charge in [-0.05, 0) is 90.7 Å². The summed E-state index contributed by atoms with van der Waals surface area (Å²) in [6.45, 7) is 6.03. The van der Waals surface area contributed by atoms with Gasteiger partial charge in [0.15, 0.2) is 4.77 Å². The lowest BCUT2D eigenvalue weighted by molar-refractivity contribution is -0.664. The molecular formula is C41H37N4O2S3+. The van der Waals surface area contributed by atoms with E-state index in [1.54, 1.807) is 37.2 Å². The summed E-state index contributed by atoms with van der Waals surface area (Å²) in [7, 11) is 3.38. The van der Waals surface area contributed by atoms with Crippen LogP contribution in [0.5, 0.6) is 5.88 Å². The number of benzene rings is 4. The number of aromatic nitrogens is 3. The molecule has 4 aromatic carbocycles. The number of thioether (sulfide) groups is 1. The maximum Gasteiger partial charge on any atom is 0.265 e. The second-order valence-electron chi connectivity index (χ2n) is 12.6. The van der Waals surface area contributed by atoms with Gasteiger partial charge in [0.1, 0.15) is 16.8 Å². The molecule has 8 rings (SSSR count). The lowest BCUT2D eigenvalue weighted by atomic mass is 9.99. The van der Waals surface area contributed by atoms with Crippen LogP contribution in [0, 0.1) is 4.77 Å². The smallest absolute Gasteiger partial charge is 0.265 e. The average molecular weight is 714 g/mol. The van der Waals surface area contributed by atoms with Crippen LogP contribution in [-0.2, 0) is 20.6 Å². The van der Waals surface area contributed by atoms with E-state index >= 15 is 0 Å². The monoisotopic (exact) mass is 713 g/mol. The van der Waals surface area contributed by atoms with Crippen LogP contribution in [0.3, 0.4) is 0 Å². The molecule has 0 atom stereocenters. The minimum absolute atomic E-state index is 0.110. The molecule has 0 unspecified atom stereocenters. The molecule has 2 aliphatic rings. The van der Waals surface area contributed by atoms with E-state index in [1.807, 2.05) is 0 Å². The Balaban J connectivity index is 1.27. The molecule has 0 saturated heterocycles. The number of aromatic hydroxyl groups is 1. The van der Waals surface area contributed by atoms with Crippen molar-refractivity contribution in [1.82, 2.24) is 9.13 Å². The number of thiazole rings is 1. The van der Waals surface area contributed by atoms with Crippen molar-refractivity contribution in [3.8, 4) is 5.88 Å². The molecule has 0 amide bonds. The van der Waals surface area contributed by atoms with Crippen molar-refractivity contribution >= 4 is 84.4 Å². The quantitative estimate of drug-likeness (QED) is 0.138. The van der Waals surface area contributed by atoms with Crippen LogP contribution >= 0.6 is 35.3 Å². The van der Waals surface area contributed by atoms with E-state index in [1.165, 1.54) is 51.5 Å². The van der Waals surface area contributed by atoms with E-state index < -0.39 is 0 Å². The fraction of sp³-hybridized carbons (Fsp3) is 0.195. The van der Waals surface area contributed by atoms with Crippen LogP contribution < -0.4 is 15.0 Å². The van der Waals surface area contributed by atoms with Crippen LogP contribution in [0.4, 0.5) is 5.69 Å². The summed E-state index contributed by atoms with van der Waals surface area (Å²) in [5.74, 6) is -0.110. The summed E-state index contributed by atoms with van der Waals surface area (Å²) in [5, 5.41) is 18.7. The molecule has 1 N–H and O–H groups in total. The number of rotatable bonds is 6. The fourth-order valence-electron chi connectivity index (χ4n) is 7.40. The first kappa shape index (κ1) is 32.5. The van der Waals surface area contributed by atoms with Crippen LogP contribution in [0.25, 0.3) is 43.4 Å². The molecule has 0 spiro atoms. The molecule has 250 valence electrons. The van der Waals surface area contributed by atoms with Crippen molar-refractivity contribution in [3.63, 3.8) is 0 Å². The average Bonchev–Trinajstić information content (AvgIpc) is 3.84. The number of hydrogen-bond donors (Lipinski definition) is 1. The highest BCUT2D eigenvalue weighted by Crippen LogP contribution is 2.50. The molecule has 6 nitrogen and oxygen atoms in total. The molecule has 0 bridgehead atoms. The summed E-state index contributed by atoms with van der Waals surface area (Å²) in [4.78, 5) is 17.5. The van der Waals surface area contributed by atoms with Crippen LogP contribution in [0.15, 0.2) is 117 Å². The third-order valence-electron chi connectivity index (χ3n) is 9.90. The molecule has 9 heteroatoms. The molecule has 1 aliphatic carbocycles. The van der Waals surface area contributed by atoms with Crippen molar-refractivity contribution < 1.29 is 9.67 Å². The first-order chi connectivity index (χ1) is 24.3. The Kier molecular flexibility index (Phi) is 8.37. The second-order valence-corrected chi connectivity index (χ2v) is 15.1. The second kappa shape index (κ2) is 12.9. The Bertz CT molecular complexity index is 2640. The first-order valence-electron chi connectivity index (χ1n) is 16.9. The maximum atomic E-state index is 13.9. The van der Waals surface area contributed by atoms with Gasteiger partial charge >= 0.3 is 0 Å². The van der Waals surface area contributed by atoms with Crippen LogP contribution in [0.2, 0.25) is 0 Å². The Morgan fingerprint density at radius 2 is 1.60 bits per heavy atom. The lowest BCUT2D eigenvalue weighted by Crippen LogP contribution is -2.33. The molecule has 0 radical (unpaired) electrons. The van der Waals surface area contributed by atoms with E-state index in [0.717, 1.165) is 52.7 Å². The van der Waals surface area contributed by atoms with Gasteiger partial charge in [-0.15, -0.1) is 0 Å². The van der Waals surface area contributed by atoms with Gasteiger partial charge in [0.05, 0.1) is 16.1 Å². The van der Waals surface area contributed by atoms with E-state index in [4.69, 9.17) is 12.2 Å². The number of allylic oxidation sites excluding steroid dienone is 6. The lowest BCUT2D eigenvalue weighted by Gasteiger charge is -2.19. The van der Waals surface area contributed by atoms with Gasteiger partial charge in [0.25, 0.3) is 10.6 Å². The molecule has 2 aromatic heterocycles. The van der Waals surface area contributed by atoms with Crippen molar-refractivity contribution in [2.24, 2.45) is 14.1 Å². The zero-order valence-corrected chi connectivity index (χ0v) is 30.9. The van der Waals surface area contributed by atoms with Gasteiger partial charge in [-0.2, -0.15) is 4.57 Å². The number of anilines is 1. The van der Waals surface area contributed by atoms with Crippen LogP contribution in [0.1, 0.15) is 37.3 Å². The molecule has 1 aliphatic heterocycles. The molecule has 50 heavy (non-hydrogen) atoms. The zero-order chi connectivity index (χ0) is 34.7. The number of fused-ring (bicyclic) bond motifs is 6. The van der Waals surface area contributed by atoms with Gasteiger partial charge < -0.3 is 10.0 Å². The zero-order valence-electron chi connectivity index (χ0n) is 28.4. The van der Waals surface area contributed by atoms with Crippen LogP contribution in [-0.4, -0.2) is 20.8 Å². The van der Waals surface area contributed by atoms with Gasteiger partial charge in [-0.3, -0.25) is 13.9 Å².